The largest absolute Gasteiger partial charge is 0.377 e. The first kappa shape index (κ1) is 11.8. The highest BCUT2D eigenvalue weighted by atomic mass is 79.9. The molecule has 0 saturated carbocycles. The van der Waals surface area contributed by atoms with Gasteiger partial charge in [0, 0.05) is 27.3 Å². The Morgan fingerprint density at radius 2 is 1.88 bits per heavy atom. The molecule has 0 bridgehead atoms. The number of hydrogen-bond donors (Lipinski definition) is 0. The van der Waals surface area contributed by atoms with Crippen molar-refractivity contribution in [3.8, 4) is 0 Å². The highest BCUT2D eigenvalue weighted by Crippen LogP contribution is 2.22. The van der Waals surface area contributed by atoms with E-state index in [9.17, 15) is 0 Å². The topological polar surface area (TPSA) is 34.6 Å². The van der Waals surface area contributed by atoms with Crippen molar-refractivity contribution in [1.82, 2.24) is 4.98 Å². The molecule has 0 aromatic carbocycles. The van der Waals surface area contributed by atoms with E-state index in [0.717, 1.165) is 23.5 Å². The number of methoxy groups -OCH3 is 2. The van der Waals surface area contributed by atoms with Gasteiger partial charge in [-0.1, -0.05) is 6.07 Å². The van der Waals surface area contributed by atoms with E-state index in [4.69, 9.17) is 9.47 Å². The van der Waals surface area contributed by atoms with E-state index in [1.807, 2.05) is 18.2 Å². The Bertz CT molecular complexity index is 350. The van der Waals surface area contributed by atoms with E-state index in [1.54, 1.807) is 14.2 Å². The van der Waals surface area contributed by atoms with Gasteiger partial charge in [0.2, 0.25) is 0 Å². The predicted octanol–water partition coefficient (Wildman–Crippen LogP) is 1.69. The summed E-state index contributed by atoms with van der Waals surface area (Å²) >= 11 is 3.37. The van der Waals surface area contributed by atoms with Crippen LogP contribution in [0.5, 0.6) is 0 Å². The molecule has 0 radical (unpaired) electrons. The van der Waals surface area contributed by atoms with Crippen LogP contribution < -0.4 is 4.90 Å². The zero-order chi connectivity index (χ0) is 11.5. The minimum atomic E-state index is 0.116. The second kappa shape index (κ2) is 5.12. The summed E-state index contributed by atoms with van der Waals surface area (Å²) in [6, 6.07) is 5.89. The summed E-state index contributed by atoms with van der Waals surface area (Å²) in [6.07, 6.45) is 0.233. The molecule has 16 heavy (non-hydrogen) atoms. The fourth-order valence-electron chi connectivity index (χ4n) is 1.96. The number of pyridine rings is 1. The molecule has 2 atom stereocenters. The van der Waals surface area contributed by atoms with E-state index in [0.29, 0.717) is 0 Å². The molecule has 1 aliphatic rings. The highest BCUT2D eigenvalue weighted by Gasteiger charge is 2.33. The number of ether oxygens (including phenoxy) is 2. The van der Waals surface area contributed by atoms with Gasteiger partial charge in [0.15, 0.2) is 0 Å². The standard InChI is InChI=1S/C11H15BrN2O2/c1-15-8-6-14(7-9(8)16-2)11-5-3-4-10(12)13-11/h3-5,8-9H,6-7H2,1-2H3. The maximum absolute atomic E-state index is 5.39. The van der Waals surface area contributed by atoms with E-state index in [1.165, 1.54) is 0 Å². The van der Waals surface area contributed by atoms with Crippen molar-refractivity contribution in [1.29, 1.82) is 0 Å². The molecule has 0 spiro atoms. The lowest BCUT2D eigenvalue weighted by Gasteiger charge is -2.16. The Balaban J connectivity index is 2.12. The molecule has 5 heteroatoms. The number of halogens is 1. The normalized spacial score (nSPS) is 25.1. The molecule has 2 unspecified atom stereocenters. The first-order valence-corrected chi connectivity index (χ1v) is 5.97. The number of rotatable bonds is 3. The molecule has 0 amide bonds. The van der Waals surface area contributed by atoms with Gasteiger partial charge in [-0.25, -0.2) is 4.98 Å². The maximum Gasteiger partial charge on any atom is 0.130 e. The van der Waals surface area contributed by atoms with Crippen LogP contribution in [-0.4, -0.2) is 44.5 Å². The van der Waals surface area contributed by atoms with Crippen molar-refractivity contribution >= 4 is 21.7 Å². The van der Waals surface area contributed by atoms with Crippen LogP contribution in [0.15, 0.2) is 22.8 Å². The molecule has 88 valence electrons. The molecule has 1 saturated heterocycles. The molecular formula is C11H15BrN2O2. The smallest absolute Gasteiger partial charge is 0.130 e. The van der Waals surface area contributed by atoms with Crippen molar-refractivity contribution in [2.75, 3.05) is 32.2 Å². The molecule has 2 rings (SSSR count). The van der Waals surface area contributed by atoms with Crippen molar-refractivity contribution < 1.29 is 9.47 Å². The van der Waals surface area contributed by atoms with Gasteiger partial charge in [-0.3, -0.25) is 0 Å². The van der Waals surface area contributed by atoms with Gasteiger partial charge in [0.05, 0.1) is 0 Å². The van der Waals surface area contributed by atoms with Gasteiger partial charge < -0.3 is 14.4 Å². The molecule has 2 heterocycles. The van der Waals surface area contributed by atoms with Gasteiger partial charge in [-0.15, -0.1) is 0 Å². The average molecular weight is 287 g/mol. The number of aromatic nitrogens is 1. The third-order valence-corrected chi connectivity index (χ3v) is 3.29. The van der Waals surface area contributed by atoms with E-state index in [2.05, 4.69) is 25.8 Å². The predicted molar refractivity (Wildman–Crippen MR) is 65.7 cm³/mol. The van der Waals surface area contributed by atoms with Crippen molar-refractivity contribution in [2.45, 2.75) is 12.2 Å². The van der Waals surface area contributed by atoms with Crippen LogP contribution in [0, 0.1) is 0 Å². The first-order valence-electron chi connectivity index (χ1n) is 5.17. The summed E-state index contributed by atoms with van der Waals surface area (Å²) in [6.45, 7) is 1.64. The van der Waals surface area contributed by atoms with Crippen LogP contribution in [0.3, 0.4) is 0 Å². The van der Waals surface area contributed by atoms with Gasteiger partial charge in [-0.05, 0) is 28.1 Å². The molecule has 1 aromatic rings. The quantitative estimate of drug-likeness (QED) is 0.792. The summed E-state index contributed by atoms with van der Waals surface area (Å²) in [4.78, 5) is 6.60. The van der Waals surface area contributed by atoms with Crippen LogP contribution in [0.25, 0.3) is 0 Å². The Kier molecular flexibility index (Phi) is 3.78. The van der Waals surface area contributed by atoms with Crippen LogP contribution in [0.1, 0.15) is 0 Å². The summed E-state index contributed by atoms with van der Waals surface area (Å²) in [5, 5.41) is 0. The van der Waals surface area contributed by atoms with Gasteiger partial charge in [-0.2, -0.15) is 0 Å². The van der Waals surface area contributed by atoms with Gasteiger partial charge in [0.1, 0.15) is 22.6 Å². The second-order valence-electron chi connectivity index (χ2n) is 3.77. The summed E-state index contributed by atoms with van der Waals surface area (Å²) < 4.78 is 11.6. The monoisotopic (exact) mass is 286 g/mol. The lowest BCUT2D eigenvalue weighted by molar-refractivity contribution is -0.00461. The van der Waals surface area contributed by atoms with Crippen LogP contribution in [0.4, 0.5) is 5.82 Å². The number of anilines is 1. The SMILES string of the molecule is COC1CN(c2cccc(Br)n2)CC1OC. The third-order valence-electron chi connectivity index (χ3n) is 2.85. The maximum atomic E-state index is 5.39. The lowest BCUT2D eigenvalue weighted by atomic mass is 10.3. The summed E-state index contributed by atoms with van der Waals surface area (Å²) in [7, 11) is 3.43. The van der Waals surface area contributed by atoms with E-state index >= 15 is 0 Å². The number of hydrogen-bond acceptors (Lipinski definition) is 4. The third kappa shape index (κ3) is 2.36. The summed E-state index contributed by atoms with van der Waals surface area (Å²) in [5.74, 6) is 0.955. The van der Waals surface area contributed by atoms with Crippen molar-refractivity contribution in [3.05, 3.63) is 22.8 Å². The van der Waals surface area contributed by atoms with Gasteiger partial charge >= 0.3 is 0 Å². The fourth-order valence-corrected chi connectivity index (χ4v) is 2.29. The lowest BCUT2D eigenvalue weighted by Crippen LogP contribution is -2.27. The average Bonchev–Trinajstić information content (AvgIpc) is 2.72. The van der Waals surface area contributed by atoms with Gasteiger partial charge in [0.25, 0.3) is 0 Å². The van der Waals surface area contributed by atoms with Crippen molar-refractivity contribution in [2.24, 2.45) is 0 Å². The zero-order valence-corrected chi connectivity index (χ0v) is 11.0. The Labute approximate surface area is 104 Å². The Morgan fingerprint density at radius 1 is 1.25 bits per heavy atom. The second-order valence-corrected chi connectivity index (χ2v) is 4.58. The molecule has 1 aromatic heterocycles. The Morgan fingerprint density at radius 3 is 2.38 bits per heavy atom. The minimum Gasteiger partial charge on any atom is -0.377 e. The molecule has 4 nitrogen and oxygen atoms in total. The van der Waals surface area contributed by atoms with E-state index in [-0.39, 0.29) is 12.2 Å². The minimum absolute atomic E-state index is 0.116. The molecular weight excluding hydrogens is 272 g/mol. The Hall–Kier alpha value is -0.650. The van der Waals surface area contributed by atoms with Crippen molar-refractivity contribution in [3.63, 3.8) is 0 Å². The number of nitrogens with zero attached hydrogens (tertiary/aromatic N) is 2. The summed E-state index contributed by atoms with van der Waals surface area (Å²) in [5.41, 5.74) is 0. The molecule has 0 N–H and O–H groups in total. The molecule has 0 aliphatic carbocycles. The molecule has 1 aliphatic heterocycles. The fraction of sp³-hybridized carbons (Fsp3) is 0.545. The first-order chi connectivity index (χ1) is 7.74. The van der Waals surface area contributed by atoms with E-state index < -0.39 is 0 Å². The van der Waals surface area contributed by atoms with Crippen LogP contribution in [-0.2, 0) is 9.47 Å². The zero-order valence-electron chi connectivity index (χ0n) is 9.39. The highest BCUT2D eigenvalue weighted by molar-refractivity contribution is 9.10. The molecule has 1 fully saturated rings. The van der Waals surface area contributed by atoms with Crippen LogP contribution in [0.2, 0.25) is 0 Å². The van der Waals surface area contributed by atoms with Crippen LogP contribution >= 0.6 is 15.9 Å².